The lowest BCUT2D eigenvalue weighted by Gasteiger charge is -2.48. The second kappa shape index (κ2) is 14.1. The van der Waals surface area contributed by atoms with Gasteiger partial charge in [0.2, 0.25) is 0 Å². The van der Waals surface area contributed by atoms with Crippen LogP contribution in [0.1, 0.15) is 22.3 Å². The molecule has 2 aliphatic rings. The third-order valence-electron chi connectivity index (χ3n) is 12.6. The SMILES string of the molecule is c1ccc(-c2ccc(N(c3ccc4c(c3)C3(c5ccccc5Sc5ccccc53)c3ccccc3[Si]4c3ccccc3)c3ccc4c(ccc5ccccc54)c3)cc2)cc1. The highest BCUT2D eigenvalue weighted by molar-refractivity contribution is 7.99. The molecular formula is C57H38NSSi. The van der Waals surface area contributed by atoms with Crippen molar-refractivity contribution in [3.8, 4) is 11.1 Å². The molecule has 3 heteroatoms. The molecule has 0 fully saturated rings. The maximum Gasteiger partial charge on any atom is 0.155 e. The van der Waals surface area contributed by atoms with Crippen LogP contribution in [0.3, 0.4) is 0 Å². The Morgan fingerprint density at radius 3 is 1.65 bits per heavy atom. The quantitative estimate of drug-likeness (QED) is 0.126. The zero-order valence-corrected chi connectivity index (χ0v) is 34.6. The Kier molecular flexibility index (Phi) is 8.26. The summed E-state index contributed by atoms with van der Waals surface area (Å²) in [5.41, 5.74) is 10.8. The van der Waals surface area contributed by atoms with Gasteiger partial charge in [-0.25, -0.2) is 0 Å². The van der Waals surface area contributed by atoms with Gasteiger partial charge in [0.25, 0.3) is 0 Å². The molecule has 281 valence electrons. The lowest BCUT2D eigenvalue weighted by atomic mass is 9.64. The summed E-state index contributed by atoms with van der Waals surface area (Å²) in [5, 5.41) is 9.32. The van der Waals surface area contributed by atoms with E-state index in [-0.39, 0.29) is 0 Å². The van der Waals surface area contributed by atoms with E-state index in [1.54, 1.807) is 0 Å². The Morgan fingerprint density at radius 1 is 0.350 bits per heavy atom. The van der Waals surface area contributed by atoms with Crippen LogP contribution in [0.2, 0.25) is 0 Å². The minimum atomic E-state index is -1.40. The molecular weight excluding hydrogens is 759 g/mol. The van der Waals surface area contributed by atoms with Crippen LogP contribution < -0.4 is 20.5 Å². The summed E-state index contributed by atoms with van der Waals surface area (Å²) in [6.45, 7) is 0. The topological polar surface area (TPSA) is 3.24 Å². The highest BCUT2D eigenvalue weighted by Gasteiger charge is 2.51. The maximum atomic E-state index is 2.55. The number of anilines is 3. The largest absolute Gasteiger partial charge is 0.310 e. The van der Waals surface area contributed by atoms with E-state index < -0.39 is 14.2 Å². The van der Waals surface area contributed by atoms with Crippen LogP contribution in [-0.4, -0.2) is 8.80 Å². The number of nitrogens with zero attached hydrogens (tertiary/aromatic N) is 1. The van der Waals surface area contributed by atoms with Gasteiger partial charge in [-0.05, 0) is 114 Å². The van der Waals surface area contributed by atoms with E-state index in [1.165, 1.54) is 80.3 Å². The van der Waals surface area contributed by atoms with Crippen molar-refractivity contribution in [1.82, 2.24) is 0 Å². The van der Waals surface area contributed by atoms with E-state index >= 15 is 0 Å². The molecule has 1 nitrogen and oxygen atoms in total. The van der Waals surface area contributed by atoms with Crippen molar-refractivity contribution in [2.45, 2.75) is 15.2 Å². The predicted octanol–water partition coefficient (Wildman–Crippen LogP) is 12.8. The summed E-state index contributed by atoms with van der Waals surface area (Å²) < 4.78 is 0. The molecule has 1 spiro atoms. The smallest absolute Gasteiger partial charge is 0.155 e. The molecule has 0 bridgehead atoms. The second-order valence-electron chi connectivity index (χ2n) is 15.8. The van der Waals surface area contributed by atoms with Crippen LogP contribution in [-0.2, 0) is 5.41 Å². The van der Waals surface area contributed by atoms with Crippen molar-refractivity contribution in [2.75, 3.05) is 4.90 Å². The van der Waals surface area contributed by atoms with E-state index in [9.17, 15) is 0 Å². The first-order valence-corrected chi connectivity index (χ1v) is 23.0. The van der Waals surface area contributed by atoms with Gasteiger partial charge < -0.3 is 4.90 Å². The molecule has 60 heavy (non-hydrogen) atoms. The molecule has 0 atom stereocenters. The average molecular weight is 797 g/mol. The fourth-order valence-corrected chi connectivity index (χ4v) is 14.2. The number of rotatable bonds is 5. The Bertz CT molecular complexity index is 3200. The zero-order chi connectivity index (χ0) is 39.6. The molecule has 1 radical (unpaired) electrons. The summed E-state index contributed by atoms with van der Waals surface area (Å²) >= 11 is 1.90. The molecule has 0 saturated carbocycles. The van der Waals surface area contributed by atoms with Gasteiger partial charge in [0.1, 0.15) is 0 Å². The van der Waals surface area contributed by atoms with Crippen molar-refractivity contribution in [2.24, 2.45) is 0 Å². The van der Waals surface area contributed by atoms with Gasteiger partial charge in [0.05, 0.1) is 5.41 Å². The lowest BCUT2D eigenvalue weighted by molar-refractivity contribution is 0.708. The molecule has 0 aliphatic carbocycles. The van der Waals surface area contributed by atoms with Gasteiger partial charge in [0, 0.05) is 26.9 Å². The van der Waals surface area contributed by atoms with Crippen molar-refractivity contribution in [1.29, 1.82) is 0 Å². The van der Waals surface area contributed by atoms with Gasteiger partial charge >= 0.3 is 0 Å². The van der Waals surface area contributed by atoms with Gasteiger partial charge in [-0.2, -0.15) is 0 Å². The predicted molar refractivity (Wildman–Crippen MR) is 255 cm³/mol. The van der Waals surface area contributed by atoms with Crippen molar-refractivity contribution in [3.63, 3.8) is 0 Å². The molecule has 2 heterocycles. The maximum absolute atomic E-state index is 2.55. The second-order valence-corrected chi connectivity index (χ2v) is 19.3. The summed E-state index contributed by atoms with van der Waals surface area (Å²) in [6.07, 6.45) is 0. The highest BCUT2D eigenvalue weighted by atomic mass is 32.2. The van der Waals surface area contributed by atoms with E-state index in [2.05, 4.69) is 235 Å². The summed E-state index contributed by atoms with van der Waals surface area (Å²) in [5.74, 6) is 0. The first-order valence-electron chi connectivity index (χ1n) is 20.7. The third-order valence-corrected chi connectivity index (χ3v) is 16.6. The van der Waals surface area contributed by atoms with Crippen molar-refractivity contribution in [3.05, 3.63) is 253 Å². The summed E-state index contributed by atoms with van der Waals surface area (Å²) in [7, 11) is -1.40. The fraction of sp³-hybridized carbons (Fsp3) is 0.0175. The summed E-state index contributed by atoms with van der Waals surface area (Å²) in [4.78, 5) is 5.10. The monoisotopic (exact) mass is 796 g/mol. The minimum absolute atomic E-state index is 0.519. The molecule has 0 N–H and O–H groups in total. The highest BCUT2D eigenvalue weighted by Crippen LogP contribution is 2.56. The average Bonchev–Trinajstić information content (AvgIpc) is 3.32. The van der Waals surface area contributed by atoms with Gasteiger partial charge in [-0.3, -0.25) is 0 Å². The van der Waals surface area contributed by atoms with Crippen LogP contribution in [0.5, 0.6) is 0 Å². The minimum Gasteiger partial charge on any atom is -0.310 e. The van der Waals surface area contributed by atoms with E-state index in [4.69, 9.17) is 0 Å². The molecule has 0 amide bonds. The molecule has 0 saturated heterocycles. The normalized spacial score (nSPS) is 13.7. The van der Waals surface area contributed by atoms with Crippen LogP contribution in [0.15, 0.2) is 240 Å². The van der Waals surface area contributed by atoms with Crippen LogP contribution in [0.4, 0.5) is 17.1 Å². The van der Waals surface area contributed by atoms with E-state index in [0.717, 1.165) is 17.1 Å². The van der Waals surface area contributed by atoms with Gasteiger partial charge in [0.15, 0.2) is 8.80 Å². The molecule has 12 rings (SSSR count). The van der Waals surface area contributed by atoms with Crippen LogP contribution in [0.25, 0.3) is 32.7 Å². The van der Waals surface area contributed by atoms with E-state index in [0.29, 0.717) is 0 Å². The lowest BCUT2D eigenvalue weighted by Crippen LogP contribution is -2.62. The zero-order valence-electron chi connectivity index (χ0n) is 32.8. The van der Waals surface area contributed by atoms with Crippen LogP contribution >= 0.6 is 11.8 Å². The Labute approximate surface area is 356 Å². The van der Waals surface area contributed by atoms with Crippen molar-refractivity contribution < 1.29 is 0 Å². The molecule has 0 aromatic heterocycles. The molecule has 2 aliphatic heterocycles. The van der Waals surface area contributed by atoms with Crippen molar-refractivity contribution >= 4 is 74.7 Å². The number of benzene rings is 10. The Morgan fingerprint density at radius 2 is 0.883 bits per heavy atom. The fourth-order valence-electron chi connectivity index (χ4n) is 10.0. The van der Waals surface area contributed by atoms with Crippen LogP contribution in [0, 0.1) is 0 Å². The Hall–Kier alpha value is -6.91. The molecule has 0 unspecified atom stereocenters. The summed E-state index contributed by atoms with van der Waals surface area (Å²) in [6, 6.07) is 86.3. The first kappa shape index (κ1) is 35.1. The number of hydrogen-bond acceptors (Lipinski definition) is 2. The standard InChI is InChI=1S/C57H38NSSi/c1-3-15-39(16-4-1)40-29-31-43(32-30-40)58(44-33-35-48-42(37-44)28-27-41-17-7-8-20-47(41)48)45-34-36-56-52(38-45)57(49-21-9-12-24-53(49)59-54-25-13-10-22-50(54)57)51-23-11-14-26-55(51)60(56)46-18-5-2-6-19-46/h1-38H. The number of fused-ring (bicyclic) bond motifs is 11. The van der Waals surface area contributed by atoms with E-state index in [1.807, 2.05) is 11.8 Å². The number of hydrogen-bond donors (Lipinski definition) is 0. The first-order chi connectivity index (χ1) is 29.8. The third kappa shape index (κ3) is 5.40. The molecule has 10 aromatic rings. The van der Waals surface area contributed by atoms with Gasteiger partial charge in [-0.1, -0.05) is 199 Å². The van der Waals surface area contributed by atoms with Gasteiger partial charge in [-0.15, -0.1) is 0 Å². The molecule has 10 aromatic carbocycles. The Balaban J connectivity index is 1.15.